The van der Waals surface area contributed by atoms with Crippen LogP contribution in [0.3, 0.4) is 0 Å². The number of methoxy groups -OCH3 is 1. The van der Waals surface area contributed by atoms with Gasteiger partial charge in [-0.05, 0) is 55.3 Å². The second-order valence-electron chi connectivity index (χ2n) is 6.96. The first-order chi connectivity index (χ1) is 14.3. The molecule has 0 spiro atoms. The molecule has 1 aliphatic rings. The van der Waals surface area contributed by atoms with Gasteiger partial charge in [0.1, 0.15) is 5.75 Å². The van der Waals surface area contributed by atoms with Gasteiger partial charge in [0, 0.05) is 18.0 Å². The third-order valence-electron chi connectivity index (χ3n) is 4.90. The van der Waals surface area contributed by atoms with E-state index < -0.39 is 10.0 Å². The zero-order valence-corrected chi connectivity index (χ0v) is 18.9. The van der Waals surface area contributed by atoms with Crippen molar-refractivity contribution < 1.29 is 22.7 Å². The van der Waals surface area contributed by atoms with Crippen LogP contribution in [0.2, 0.25) is 0 Å². The summed E-state index contributed by atoms with van der Waals surface area (Å²) in [6, 6.07) is 10.5. The summed E-state index contributed by atoms with van der Waals surface area (Å²) in [7, 11) is -2.19. The standard InChI is InChI=1S/C21H26N2O5S2/c1-15-4-5-17(12-16(15)2)29-14-21(24)22-19-13-18(6-7-20(19)27-3)30(25,26)23-8-10-28-11-9-23/h4-7,12-13H,8-11,14H2,1-3H3,(H,22,24). The molecule has 1 N–H and O–H groups in total. The lowest BCUT2D eigenvalue weighted by Crippen LogP contribution is -2.40. The summed E-state index contributed by atoms with van der Waals surface area (Å²) < 4.78 is 37.7. The average molecular weight is 451 g/mol. The number of ether oxygens (including phenoxy) is 2. The Labute approximate surface area is 181 Å². The zero-order chi connectivity index (χ0) is 21.7. The van der Waals surface area contributed by atoms with Crippen molar-refractivity contribution in [1.82, 2.24) is 4.31 Å². The molecule has 3 rings (SSSR count). The van der Waals surface area contributed by atoms with Gasteiger partial charge in [-0.3, -0.25) is 4.79 Å². The van der Waals surface area contributed by atoms with Crippen molar-refractivity contribution in [3.8, 4) is 5.75 Å². The molecule has 0 aliphatic carbocycles. The van der Waals surface area contributed by atoms with Gasteiger partial charge in [0.25, 0.3) is 0 Å². The second kappa shape index (κ2) is 9.82. The van der Waals surface area contributed by atoms with Crippen LogP contribution in [0.4, 0.5) is 5.69 Å². The summed E-state index contributed by atoms with van der Waals surface area (Å²) in [4.78, 5) is 13.6. The van der Waals surface area contributed by atoms with Crippen LogP contribution in [0, 0.1) is 13.8 Å². The zero-order valence-electron chi connectivity index (χ0n) is 17.3. The lowest BCUT2D eigenvalue weighted by molar-refractivity contribution is -0.113. The molecule has 1 fully saturated rings. The van der Waals surface area contributed by atoms with E-state index in [0.717, 1.165) is 4.90 Å². The van der Waals surface area contributed by atoms with Crippen LogP contribution in [0.25, 0.3) is 0 Å². The predicted molar refractivity (Wildman–Crippen MR) is 118 cm³/mol. The third-order valence-corrected chi connectivity index (χ3v) is 7.79. The molecule has 7 nitrogen and oxygen atoms in total. The van der Waals surface area contributed by atoms with E-state index in [1.807, 2.05) is 32.0 Å². The van der Waals surface area contributed by atoms with E-state index in [0.29, 0.717) is 37.7 Å². The highest BCUT2D eigenvalue weighted by molar-refractivity contribution is 8.00. The van der Waals surface area contributed by atoms with E-state index in [1.54, 1.807) is 6.07 Å². The van der Waals surface area contributed by atoms with E-state index in [9.17, 15) is 13.2 Å². The molecule has 1 aliphatic heterocycles. The maximum atomic E-state index is 12.9. The number of sulfonamides is 1. The average Bonchev–Trinajstić information content (AvgIpc) is 2.75. The van der Waals surface area contributed by atoms with Crippen molar-refractivity contribution >= 4 is 33.4 Å². The summed E-state index contributed by atoms with van der Waals surface area (Å²) in [5, 5.41) is 2.78. The van der Waals surface area contributed by atoms with Crippen molar-refractivity contribution in [2.45, 2.75) is 23.6 Å². The molecular weight excluding hydrogens is 424 g/mol. The molecule has 0 aromatic heterocycles. The minimum Gasteiger partial charge on any atom is -0.495 e. The Hall–Kier alpha value is -2.07. The van der Waals surface area contributed by atoms with Crippen molar-refractivity contribution in [2.75, 3.05) is 44.5 Å². The third kappa shape index (κ3) is 5.34. The highest BCUT2D eigenvalue weighted by Crippen LogP contribution is 2.30. The maximum Gasteiger partial charge on any atom is 0.243 e. The summed E-state index contributed by atoms with van der Waals surface area (Å²) in [5.41, 5.74) is 2.70. The smallest absolute Gasteiger partial charge is 0.243 e. The van der Waals surface area contributed by atoms with E-state index in [-0.39, 0.29) is 16.6 Å². The molecule has 0 atom stereocenters. The number of nitrogens with zero attached hydrogens (tertiary/aromatic N) is 1. The number of morpholine rings is 1. The maximum absolute atomic E-state index is 12.9. The van der Waals surface area contributed by atoms with Gasteiger partial charge in [0.15, 0.2) is 0 Å². The minimum atomic E-state index is -3.67. The molecular formula is C21H26N2O5S2. The van der Waals surface area contributed by atoms with E-state index in [4.69, 9.17) is 9.47 Å². The number of nitrogens with one attached hydrogen (secondary N) is 1. The quantitative estimate of drug-likeness (QED) is 0.653. The highest BCUT2D eigenvalue weighted by atomic mass is 32.2. The second-order valence-corrected chi connectivity index (χ2v) is 9.95. The topological polar surface area (TPSA) is 84.9 Å². The Kier molecular flexibility index (Phi) is 7.41. The summed E-state index contributed by atoms with van der Waals surface area (Å²) >= 11 is 1.42. The van der Waals surface area contributed by atoms with Crippen LogP contribution >= 0.6 is 11.8 Å². The van der Waals surface area contributed by atoms with Crippen molar-refractivity contribution in [2.24, 2.45) is 0 Å². The number of aryl methyl sites for hydroxylation is 2. The van der Waals surface area contributed by atoms with Crippen LogP contribution < -0.4 is 10.1 Å². The number of rotatable bonds is 7. The first-order valence-electron chi connectivity index (χ1n) is 9.57. The fraction of sp³-hybridized carbons (Fsp3) is 0.381. The van der Waals surface area contributed by atoms with Crippen LogP contribution in [0.5, 0.6) is 5.75 Å². The summed E-state index contributed by atoms with van der Waals surface area (Å²) in [6.45, 7) is 5.43. The first kappa shape index (κ1) is 22.6. The van der Waals surface area contributed by atoms with Gasteiger partial charge in [0.2, 0.25) is 15.9 Å². The van der Waals surface area contributed by atoms with Gasteiger partial charge >= 0.3 is 0 Å². The fourth-order valence-electron chi connectivity index (χ4n) is 3.02. The van der Waals surface area contributed by atoms with Crippen LogP contribution in [0.15, 0.2) is 46.2 Å². The molecule has 1 heterocycles. The minimum absolute atomic E-state index is 0.113. The molecule has 2 aromatic carbocycles. The Bertz CT molecular complexity index is 1020. The summed E-state index contributed by atoms with van der Waals surface area (Å²) in [5.74, 6) is 0.365. The molecule has 1 saturated heterocycles. The first-order valence-corrected chi connectivity index (χ1v) is 12.0. The number of hydrogen-bond acceptors (Lipinski definition) is 6. The largest absolute Gasteiger partial charge is 0.495 e. The lowest BCUT2D eigenvalue weighted by atomic mass is 10.1. The molecule has 1 amide bonds. The molecule has 0 unspecified atom stereocenters. The number of hydrogen-bond donors (Lipinski definition) is 1. The number of anilines is 1. The monoisotopic (exact) mass is 450 g/mol. The van der Waals surface area contributed by atoms with E-state index in [2.05, 4.69) is 5.32 Å². The number of amides is 1. The number of carbonyl (C=O) groups is 1. The Morgan fingerprint density at radius 1 is 1.13 bits per heavy atom. The Morgan fingerprint density at radius 2 is 1.87 bits per heavy atom. The summed E-state index contributed by atoms with van der Waals surface area (Å²) in [6.07, 6.45) is 0. The molecule has 9 heteroatoms. The Balaban J connectivity index is 1.73. The van der Waals surface area contributed by atoms with Crippen LogP contribution in [-0.4, -0.2) is 57.8 Å². The molecule has 0 bridgehead atoms. The van der Waals surface area contributed by atoms with Gasteiger partial charge < -0.3 is 14.8 Å². The van der Waals surface area contributed by atoms with Gasteiger partial charge in [0.05, 0.1) is 36.7 Å². The number of thioether (sulfide) groups is 1. The van der Waals surface area contributed by atoms with Crippen LogP contribution in [0.1, 0.15) is 11.1 Å². The molecule has 0 saturated carbocycles. The van der Waals surface area contributed by atoms with Gasteiger partial charge in [-0.1, -0.05) is 6.07 Å². The van der Waals surface area contributed by atoms with Gasteiger partial charge in [-0.25, -0.2) is 8.42 Å². The van der Waals surface area contributed by atoms with E-state index in [1.165, 1.54) is 46.4 Å². The molecule has 2 aromatic rings. The van der Waals surface area contributed by atoms with Gasteiger partial charge in [-0.2, -0.15) is 4.31 Å². The SMILES string of the molecule is COc1ccc(S(=O)(=O)N2CCOCC2)cc1NC(=O)CSc1ccc(C)c(C)c1. The van der Waals surface area contributed by atoms with Crippen molar-refractivity contribution in [3.63, 3.8) is 0 Å². The molecule has 30 heavy (non-hydrogen) atoms. The lowest BCUT2D eigenvalue weighted by Gasteiger charge is -2.26. The predicted octanol–water partition coefficient (Wildman–Crippen LogP) is 3.06. The normalized spacial score (nSPS) is 15.0. The number of benzene rings is 2. The number of carbonyl (C=O) groups excluding carboxylic acids is 1. The van der Waals surface area contributed by atoms with E-state index >= 15 is 0 Å². The van der Waals surface area contributed by atoms with Crippen molar-refractivity contribution in [1.29, 1.82) is 0 Å². The highest BCUT2D eigenvalue weighted by Gasteiger charge is 2.27. The molecule has 0 radical (unpaired) electrons. The van der Waals surface area contributed by atoms with Gasteiger partial charge in [-0.15, -0.1) is 11.8 Å². The van der Waals surface area contributed by atoms with Crippen molar-refractivity contribution in [3.05, 3.63) is 47.5 Å². The fourth-order valence-corrected chi connectivity index (χ4v) is 5.25. The van der Waals surface area contributed by atoms with Crippen LogP contribution in [-0.2, 0) is 19.6 Å². The molecule has 162 valence electrons. The Morgan fingerprint density at radius 3 is 2.53 bits per heavy atom.